The lowest BCUT2D eigenvalue weighted by molar-refractivity contribution is -0.122. The summed E-state index contributed by atoms with van der Waals surface area (Å²) < 4.78 is 36.7. The van der Waals surface area contributed by atoms with Crippen LogP contribution in [0.5, 0.6) is 11.5 Å². The van der Waals surface area contributed by atoms with E-state index in [0.29, 0.717) is 17.2 Å². The molecule has 0 aliphatic carbocycles. The smallest absolute Gasteiger partial charge is 0.243 e. The van der Waals surface area contributed by atoms with Gasteiger partial charge in [0.15, 0.2) is 11.5 Å². The van der Waals surface area contributed by atoms with E-state index in [2.05, 4.69) is 5.32 Å². The Bertz CT molecular complexity index is 1190. The Morgan fingerprint density at radius 3 is 2.35 bits per heavy atom. The van der Waals surface area contributed by atoms with Gasteiger partial charge in [-0.05, 0) is 35.4 Å². The fraction of sp³-hybridized carbons (Fsp3) is 0.261. The van der Waals surface area contributed by atoms with Gasteiger partial charge in [0.05, 0.1) is 26.2 Å². The van der Waals surface area contributed by atoms with E-state index in [4.69, 9.17) is 9.47 Å². The minimum Gasteiger partial charge on any atom is -0.493 e. The summed E-state index contributed by atoms with van der Waals surface area (Å²) in [5.41, 5.74) is 1.27. The van der Waals surface area contributed by atoms with Crippen LogP contribution in [0.15, 0.2) is 60.7 Å². The maximum absolute atomic E-state index is 12.9. The number of hydrogen-bond acceptors (Lipinski definition) is 5. The Hall–Kier alpha value is -3.26. The van der Waals surface area contributed by atoms with Crippen molar-refractivity contribution in [3.63, 3.8) is 0 Å². The Labute approximate surface area is 182 Å². The summed E-state index contributed by atoms with van der Waals surface area (Å²) in [6.45, 7) is 1.84. The summed E-state index contributed by atoms with van der Waals surface area (Å²) >= 11 is 0. The average Bonchev–Trinajstić information content (AvgIpc) is 2.76. The number of sulfonamides is 1. The third kappa shape index (κ3) is 4.91. The van der Waals surface area contributed by atoms with Gasteiger partial charge in [0.2, 0.25) is 15.9 Å². The lowest BCUT2D eigenvalue weighted by Crippen LogP contribution is -2.47. The summed E-state index contributed by atoms with van der Waals surface area (Å²) in [6, 6.07) is 17.5. The molecule has 0 saturated heterocycles. The molecule has 1 atom stereocenters. The first kappa shape index (κ1) is 22.4. The van der Waals surface area contributed by atoms with E-state index in [0.717, 1.165) is 26.9 Å². The highest BCUT2D eigenvalue weighted by atomic mass is 32.2. The molecule has 1 amide bonds. The van der Waals surface area contributed by atoms with Crippen molar-refractivity contribution in [3.05, 3.63) is 66.2 Å². The topological polar surface area (TPSA) is 84.9 Å². The van der Waals surface area contributed by atoms with Gasteiger partial charge in [-0.15, -0.1) is 0 Å². The number of anilines is 1. The second kappa shape index (κ2) is 9.26. The molecule has 7 nitrogen and oxygen atoms in total. The third-order valence-corrected chi connectivity index (χ3v) is 6.28. The first-order valence-electron chi connectivity index (χ1n) is 9.72. The van der Waals surface area contributed by atoms with Gasteiger partial charge < -0.3 is 14.8 Å². The predicted octanol–water partition coefficient (Wildman–Crippen LogP) is 3.33. The Kier molecular flexibility index (Phi) is 6.70. The summed E-state index contributed by atoms with van der Waals surface area (Å²) in [5.74, 6) is 0.429. The van der Waals surface area contributed by atoms with Gasteiger partial charge in [-0.25, -0.2) is 8.42 Å². The number of ether oxygens (including phenoxy) is 2. The first-order chi connectivity index (χ1) is 14.8. The van der Waals surface area contributed by atoms with E-state index >= 15 is 0 Å². The van der Waals surface area contributed by atoms with E-state index in [9.17, 15) is 13.2 Å². The quantitative estimate of drug-likeness (QED) is 0.578. The monoisotopic (exact) mass is 442 g/mol. The molecule has 3 aromatic carbocycles. The van der Waals surface area contributed by atoms with Crippen LogP contribution in [0.25, 0.3) is 10.8 Å². The second-order valence-corrected chi connectivity index (χ2v) is 8.99. The molecule has 0 aliphatic heterocycles. The highest BCUT2D eigenvalue weighted by molar-refractivity contribution is 7.92. The molecule has 0 bridgehead atoms. The number of methoxy groups -OCH3 is 2. The van der Waals surface area contributed by atoms with Crippen LogP contribution in [-0.2, 0) is 21.4 Å². The van der Waals surface area contributed by atoms with E-state index in [1.54, 1.807) is 19.1 Å². The lowest BCUT2D eigenvalue weighted by Gasteiger charge is -2.28. The molecule has 0 saturated carbocycles. The number of amides is 1. The summed E-state index contributed by atoms with van der Waals surface area (Å²) in [6.07, 6.45) is 1.07. The van der Waals surface area contributed by atoms with Gasteiger partial charge >= 0.3 is 0 Å². The Morgan fingerprint density at radius 1 is 1.00 bits per heavy atom. The molecule has 0 radical (unpaired) electrons. The van der Waals surface area contributed by atoms with E-state index in [1.807, 2.05) is 42.5 Å². The second-order valence-electron chi connectivity index (χ2n) is 7.13. The van der Waals surface area contributed by atoms with Crippen LogP contribution in [0, 0.1) is 0 Å². The summed E-state index contributed by atoms with van der Waals surface area (Å²) in [4.78, 5) is 12.9. The zero-order chi connectivity index (χ0) is 22.6. The van der Waals surface area contributed by atoms with Gasteiger partial charge in [0.1, 0.15) is 6.04 Å². The van der Waals surface area contributed by atoms with E-state index in [-0.39, 0.29) is 6.54 Å². The van der Waals surface area contributed by atoms with Crippen molar-refractivity contribution in [2.24, 2.45) is 0 Å². The van der Waals surface area contributed by atoms with Crippen molar-refractivity contribution in [1.82, 2.24) is 5.32 Å². The number of hydrogen-bond donors (Lipinski definition) is 1. The van der Waals surface area contributed by atoms with Crippen LogP contribution in [-0.4, -0.2) is 40.8 Å². The highest BCUT2D eigenvalue weighted by Gasteiger charge is 2.29. The number of fused-ring (bicyclic) bond motifs is 1. The van der Waals surface area contributed by atoms with Crippen LogP contribution in [0.3, 0.4) is 0 Å². The molecule has 3 aromatic rings. The van der Waals surface area contributed by atoms with Crippen LogP contribution in [0.1, 0.15) is 12.5 Å². The molecule has 0 aromatic heterocycles. The van der Waals surface area contributed by atoms with Crippen LogP contribution in [0.4, 0.5) is 5.69 Å². The molecule has 31 heavy (non-hydrogen) atoms. The van der Waals surface area contributed by atoms with Crippen LogP contribution in [0.2, 0.25) is 0 Å². The molecule has 0 unspecified atom stereocenters. The fourth-order valence-electron chi connectivity index (χ4n) is 3.55. The Balaban J connectivity index is 1.85. The zero-order valence-electron chi connectivity index (χ0n) is 18.0. The fourth-order valence-corrected chi connectivity index (χ4v) is 4.71. The van der Waals surface area contributed by atoms with Crippen LogP contribution < -0.4 is 19.1 Å². The SMILES string of the molecule is COc1ccc(N([C@H](C)C(=O)NCc2cccc3ccccc23)S(C)(=O)=O)cc1OC. The molecular formula is C23H26N2O5S. The van der Waals surface area contributed by atoms with Gasteiger partial charge in [0.25, 0.3) is 0 Å². The molecule has 8 heteroatoms. The number of nitrogens with zero attached hydrogens (tertiary/aromatic N) is 1. The summed E-state index contributed by atoms with van der Waals surface area (Å²) in [7, 11) is -0.788. The minimum absolute atomic E-state index is 0.286. The first-order valence-corrected chi connectivity index (χ1v) is 11.6. The van der Waals surface area contributed by atoms with Gasteiger partial charge in [-0.1, -0.05) is 42.5 Å². The number of benzene rings is 3. The maximum atomic E-state index is 12.9. The van der Waals surface area contributed by atoms with Crippen molar-refractivity contribution in [3.8, 4) is 11.5 Å². The standard InChI is InChI=1S/C23H26N2O5S/c1-16(23(26)24-15-18-10-7-9-17-8-5-6-11-20(17)18)25(31(4,27)28)19-12-13-21(29-2)22(14-19)30-3/h5-14,16H,15H2,1-4H3,(H,24,26)/t16-/m1/s1. The van der Waals surface area contributed by atoms with Crippen molar-refractivity contribution in [2.45, 2.75) is 19.5 Å². The minimum atomic E-state index is -3.75. The predicted molar refractivity (Wildman–Crippen MR) is 122 cm³/mol. The molecule has 0 fully saturated rings. The van der Waals surface area contributed by atoms with Gasteiger partial charge in [0, 0.05) is 12.6 Å². The van der Waals surface area contributed by atoms with Crippen LogP contribution >= 0.6 is 0 Å². The van der Waals surface area contributed by atoms with Crippen molar-refractivity contribution < 1.29 is 22.7 Å². The molecular weight excluding hydrogens is 416 g/mol. The van der Waals surface area contributed by atoms with E-state index in [1.165, 1.54) is 20.3 Å². The molecule has 1 N–H and O–H groups in total. The highest BCUT2D eigenvalue weighted by Crippen LogP contribution is 2.33. The largest absolute Gasteiger partial charge is 0.493 e. The maximum Gasteiger partial charge on any atom is 0.243 e. The normalized spacial score (nSPS) is 12.3. The Morgan fingerprint density at radius 2 is 1.68 bits per heavy atom. The average molecular weight is 443 g/mol. The molecule has 0 heterocycles. The van der Waals surface area contributed by atoms with Crippen molar-refractivity contribution >= 4 is 32.4 Å². The third-order valence-electron chi connectivity index (χ3n) is 5.04. The van der Waals surface area contributed by atoms with Crippen molar-refractivity contribution in [2.75, 3.05) is 24.8 Å². The molecule has 3 rings (SSSR count). The van der Waals surface area contributed by atoms with Gasteiger partial charge in [-0.2, -0.15) is 0 Å². The molecule has 0 aliphatic rings. The van der Waals surface area contributed by atoms with Crippen molar-refractivity contribution in [1.29, 1.82) is 0 Å². The number of nitrogens with one attached hydrogen (secondary N) is 1. The zero-order valence-corrected chi connectivity index (χ0v) is 18.8. The van der Waals surface area contributed by atoms with E-state index < -0.39 is 22.0 Å². The van der Waals surface area contributed by atoms with Gasteiger partial charge in [-0.3, -0.25) is 9.10 Å². The lowest BCUT2D eigenvalue weighted by atomic mass is 10.0. The molecule has 164 valence electrons. The number of carbonyl (C=O) groups is 1. The number of carbonyl (C=O) groups excluding carboxylic acids is 1. The molecule has 0 spiro atoms. The number of rotatable bonds is 8. The summed E-state index contributed by atoms with van der Waals surface area (Å²) in [5, 5.41) is 4.98.